The van der Waals surface area contributed by atoms with Crippen LogP contribution in [0, 0.1) is 6.92 Å². The molecule has 3 aromatic rings. The Hall–Kier alpha value is -3.94. The number of aromatic nitrogens is 2. The van der Waals surface area contributed by atoms with Gasteiger partial charge in [-0.05, 0) is 62.4 Å². The third-order valence-corrected chi connectivity index (χ3v) is 5.30. The molecular weight excluding hydrogens is 396 g/mol. The molecule has 2 N–H and O–H groups in total. The number of amides is 2. The van der Waals surface area contributed by atoms with Gasteiger partial charge in [0, 0.05) is 22.4 Å². The van der Waals surface area contributed by atoms with E-state index >= 15 is 0 Å². The number of carbonyl (C=O) groups is 3. The van der Waals surface area contributed by atoms with E-state index in [-0.39, 0.29) is 24.0 Å². The maximum atomic E-state index is 13.0. The summed E-state index contributed by atoms with van der Waals surface area (Å²) in [5, 5.41) is 10.3. The van der Waals surface area contributed by atoms with E-state index in [9.17, 15) is 14.4 Å². The van der Waals surface area contributed by atoms with Crippen LogP contribution in [0.4, 0.5) is 11.5 Å². The highest BCUT2D eigenvalue weighted by atomic mass is 16.5. The van der Waals surface area contributed by atoms with E-state index in [2.05, 4.69) is 15.7 Å². The molecule has 0 fully saturated rings. The largest absolute Gasteiger partial charge is 0.497 e. The Morgan fingerprint density at radius 3 is 2.42 bits per heavy atom. The van der Waals surface area contributed by atoms with E-state index in [1.54, 1.807) is 36.1 Å². The molecule has 0 saturated heterocycles. The van der Waals surface area contributed by atoms with Crippen LogP contribution in [0.5, 0.6) is 5.75 Å². The summed E-state index contributed by atoms with van der Waals surface area (Å²) in [6, 6.07) is 13.3. The molecule has 0 spiro atoms. The monoisotopic (exact) mass is 418 g/mol. The van der Waals surface area contributed by atoms with Crippen molar-refractivity contribution in [2.45, 2.75) is 26.3 Å². The minimum Gasteiger partial charge on any atom is -0.497 e. The van der Waals surface area contributed by atoms with Gasteiger partial charge in [-0.3, -0.25) is 14.4 Å². The van der Waals surface area contributed by atoms with Gasteiger partial charge in [0.05, 0.1) is 19.2 Å². The number of Topliss-reactive ketones (excluding diaryl/α,β-unsaturated/α-hetero) is 1. The molecule has 0 radical (unpaired) electrons. The van der Waals surface area contributed by atoms with Crippen molar-refractivity contribution in [1.29, 1.82) is 0 Å². The maximum Gasteiger partial charge on any atom is 0.249 e. The molecule has 2 aromatic carbocycles. The number of hydrogen-bond acceptors (Lipinski definition) is 5. The minimum atomic E-state index is -0.790. The predicted octanol–water partition coefficient (Wildman–Crippen LogP) is 3.59. The highest BCUT2D eigenvalue weighted by Crippen LogP contribution is 2.35. The lowest BCUT2D eigenvalue weighted by molar-refractivity contribution is -0.125. The first-order valence-electron chi connectivity index (χ1n) is 9.82. The summed E-state index contributed by atoms with van der Waals surface area (Å²) in [5.74, 6) is 0.588. The number of methoxy groups -OCH3 is 1. The predicted molar refractivity (Wildman–Crippen MR) is 116 cm³/mol. The number of nitrogens with zero attached hydrogens (tertiary/aromatic N) is 2. The number of benzene rings is 2. The van der Waals surface area contributed by atoms with Crippen molar-refractivity contribution in [3.8, 4) is 17.0 Å². The van der Waals surface area contributed by atoms with Gasteiger partial charge in [0.15, 0.2) is 5.78 Å². The standard InChI is InChI=1S/C23H22N4O4/c1-13-21(16-6-10-18(31-3)11-7-16)26-27-19(12-20(29)25-22(13)27)23(30)24-17-8-4-15(5-9-17)14(2)28/h4-11,19H,12H2,1-3H3,(H,24,30)(H,25,29). The summed E-state index contributed by atoms with van der Waals surface area (Å²) in [5.41, 5.74) is 3.42. The molecular formula is C23H22N4O4. The molecule has 0 saturated carbocycles. The van der Waals surface area contributed by atoms with Gasteiger partial charge in [-0.25, -0.2) is 4.68 Å². The number of ether oxygens (including phenoxy) is 1. The van der Waals surface area contributed by atoms with Crippen molar-refractivity contribution < 1.29 is 19.1 Å². The fraction of sp³-hybridized carbons (Fsp3) is 0.217. The van der Waals surface area contributed by atoms with Gasteiger partial charge in [0.2, 0.25) is 11.8 Å². The molecule has 8 nitrogen and oxygen atoms in total. The van der Waals surface area contributed by atoms with Crippen molar-refractivity contribution >= 4 is 29.1 Å². The van der Waals surface area contributed by atoms with Crippen LogP contribution in [0.1, 0.15) is 35.3 Å². The second-order valence-electron chi connectivity index (χ2n) is 7.39. The molecule has 1 aliphatic heterocycles. The molecule has 0 bridgehead atoms. The summed E-state index contributed by atoms with van der Waals surface area (Å²) < 4.78 is 6.77. The number of carbonyl (C=O) groups excluding carboxylic acids is 3. The van der Waals surface area contributed by atoms with Crippen molar-refractivity contribution in [3.05, 3.63) is 59.7 Å². The molecule has 31 heavy (non-hydrogen) atoms. The lowest BCUT2D eigenvalue weighted by Crippen LogP contribution is -2.35. The molecule has 158 valence electrons. The molecule has 1 aliphatic rings. The Morgan fingerprint density at radius 1 is 1.13 bits per heavy atom. The number of ketones is 1. The average Bonchev–Trinajstić information content (AvgIpc) is 3.10. The van der Waals surface area contributed by atoms with Crippen LogP contribution in [-0.2, 0) is 9.59 Å². The zero-order valence-corrected chi connectivity index (χ0v) is 17.4. The molecule has 1 unspecified atom stereocenters. The first-order valence-corrected chi connectivity index (χ1v) is 9.82. The SMILES string of the molecule is COc1ccc(-c2nn3c(c2C)NC(=O)CC3C(=O)Nc2ccc(C(C)=O)cc2)cc1. The van der Waals surface area contributed by atoms with E-state index in [0.717, 1.165) is 16.9 Å². The number of rotatable bonds is 5. The molecule has 0 aliphatic carbocycles. The Balaban J connectivity index is 1.64. The van der Waals surface area contributed by atoms with Gasteiger partial charge in [0.25, 0.3) is 0 Å². The fourth-order valence-electron chi connectivity index (χ4n) is 3.58. The molecule has 2 amide bonds. The summed E-state index contributed by atoms with van der Waals surface area (Å²) in [7, 11) is 1.60. The first-order chi connectivity index (χ1) is 14.9. The Kier molecular flexibility index (Phi) is 5.29. The third kappa shape index (κ3) is 3.92. The molecule has 2 heterocycles. The summed E-state index contributed by atoms with van der Waals surface area (Å²) >= 11 is 0. The van der Waals surface area contributed by atoms with Gasteiger partial charge >= 0.3 is 0 Å². The summed E-state index contributed by atoms with van der Waals surface area (Å²) in [6.45, 7) is 3.34. The highest BCUT2D eigenvalue weighted by molar-refractivity contribution is 6.02. The van der Waals surface area contributed by atoms with Gasteiger partial charge in [0.1, 0.15) is 17.6 Å². The number of hydrogen-bond donors (Lipinski definition) is 2. The smallest absolute Gasteiger partial charge is 0.249 e. The van der Waals surface area contributed by atoms with Crippen molar-refractivity contribution in [3.63, 3.8) is 0 Å². The number of anilines is 2. The fourth-order valence-corrected chi connectivity index (χ4v) is 3.58. The molecule has 1 atom stereocenters. The first kappa shape index (κ1) is 20.3. The molecule has 8 heteroatoms. The Morgan fingerprint density at radius 2 is 1.81 bits per heavy atom. The van der Waals surface area contributed by atoms with E-state index in [1.165, 1.54) is 6.92 Å². The normalized spacial score (nSPS) is 15.1. The van der Waals surface area contributed by atoms with E-state index in [4.69, 9.17) is 4.74 Å². The second kappa shape index (κ2) is 8.06. The van der Waals surface area contributed by atoms with Gasteiger partial charge < -0.3 is 15.4 Å². The summed E-state index contributed by atoms with van der Waals surface area (Å²) in [6.07, 6.45) is -0.0203. The van der Waals surface area contributed by atoms with Crippen molar-refractivity contribution in [1.82, 2.24) is 9.78 Å². The van der Waals surface area contributed by atoms with Gasteiger partial charge in [-0.1, -0.05) is 0 Å². The Bertz CT molecular complexity index is 1160. The quantitative estimate of drug-likeness (QED) is 0.617. The zero-order valence-electron chi connectivity index (χ0n) is 17.4. The van der Waals surface area contributed by atoms with Crippen molar-refractivity contribution in [2.24, 2.45) is 0 Å². The lowest BCUT2D eigenvalue weighted by Gasteiger charge is -2.24. The average molecular weight is 418 g/mol. The van der Waals surface area contributed by atoms with E-state index in [1.807, 2.05) is 31.2 Å². The third-order valence-electron chi connectivity index (χ3n) is 5.30. The van der Waals surface area contributed by atoms with Crippen LogP contribution in [0.3, 0.4) is 0 Å². The van der Waals surface area contributed by atoms with E-state index < -0.39 is 6.04 Å². The van der Waals surface area contributed by atoms with Gasteiger partial charge in [-0.2, -0.15) is 5.10 Å². The zero-order chi connectivity index (χ0) is 22.1. The number of nitrogens with one attached hydrogen (secondary N) is 2. The minimum absolute atomic E-state index is 0.0203. The lowest BCUT2D eigenvalue weighted by atomic mass is 10.1. The maximum absolute atomic E-state index is 13.0. The number of fused-ring (bicyclic) bond motifs is 1. The topological polar surface area (TPSA) is 102 Å². The van der Waals surface area contributed by atoms with E-state index in [0.29, 0.717) is 22.8 Å². The van der Waals surface area contributed by atoms with Crippen LogP contribution in [0.25, 0.3) is 11.3 Å². The molecule has 4 rings (SSSR count). The molecule has 1 aromatic heterocycles. The van der Waals surface area contributed by atoms with Crippen LogP contribution < -0.4 is 15.4 Å². The van der Waals surface area contributed by atoms with Gasteiger partial charge in [-0.15, -0.1) is 0 Å². The second-order valence-corrected chi connectivity index (χ2v) is 7.39. The van der Waals surface area contributed by atoms with Crippen molar-refractivity contribution in [2.75, 3.05) is 17.7 Å². The Labute approximate surface area is 179 Å². The van der Waals surface area contributed by atoms with Crippen LogP contribution in [-0.4, -0.2) is 34.5 Å². The van der Waals surface area contributed by atoms with Crippen LogP contribution >= 0.6 is 0 Å². The highest BCUT2D eigenvalue weighted by Gasteiger charge is 2.34. The van der Waals surface area contributed by atoms with Crippen LogP contribution in [0.15, 0.2) is 48.5 Å². The summed E-state index contributed by atoms with van der Waals surface area (Å²) in [4.78, 5) is 36.7. The van der Waals surface area contributed by atoms with Crippen LogP contribution in [0.2, 0.25) is 0 Å².